The molecule has 0 aromatic carbocycles. The van der Waals surface area contributed by atoms with E-state index in [2.05, 4.69) is 11.3 Å². The zero-order chi connectivity index (χ0) is 23.9. The van der Waals surface area contributed by atoms with Crippen LogP contribution in [0.2, 0.25) is 0 Å². The second-order valence-electron chi connectivity index (χ2n) is 4.88. The number of carbonyl (C=O) groups excluding carboxylic acids is 1. The van der Waals surface area contributed by atoms with E-state index < -0.39 is 54.7 Å². The number of hydrogen-bond donors (Lipinski definition) is 0. The lowest BCUT2D eigenvalue weighted by atomic mass is 10.0. The van der Waals surface area contributed by atoms with Crippen molar-refractivity contribution in [3.8, 4) is 0 Å². The van der Waals surface area contributed by atoms with Crippen molar-refractivity contribution in [3.05, 3.63) is 12.7 Å². The number of carbonyl (C=O) groups is 1. The Bertz CT molecular complexity index is 620. The summed E-state index contributed by atoms with van der Waals surface area (Å²) < 4.78 is 195. The van der Waals surface area contributed by atoms with Crippen molar-refractivity contribution in [2.45, 2.75) is 42.1 Å². The van der Waals surface area contributed by atoms with E-state index in [1.165, 1.54) is 0 Å². The quantitative estimate of drug-likeness (QED) is 0.284. The molecule has 29 heavy (non-hydrogen) atoms. The first-order valence-electron chi connectivity index (χ1n) is 6.24. The highest BCUT2D eigenvalue weighted by Gasteiger charge is 2.89. The summed E-state index contributed by atoms with van der Waals surface area (Å²) in [4.78, 5) is 10.5. The summed E-state index contributed by atoms with van der Waals surface area (Å²) >= 11 is 0. The lowest BCUT2D eigenvalue weighted by Gasteiger charge is -2.39. The maximum Gasteiger partial charge on any atom is 0.460 e. The zero-order valence-corrected chi connectivity index (χ0v) is 12.9. The molecule has 0 heterocycles. The predicted molar refractivity (Wildman–Crippen MR) is 58.0 cm³/mol. The maximum atomic E-state index is 13.6. The second kappa shape index (κ2) is 7.42. The van der Waals surface area contributed by atoms with Crippen LogP contribution in [0.4, 0.5) is 65.9 Å². The van der Waals surface area contributed by atoms with Crippen LogP contribution in [-0.2, 0) is 14.3 Å². The molecule has 0 aromatic heterocycles. The van der Waals surface area contributed by atoms with Gasteiger partial charge >= 0.3 is 48.1 Å². The highest BCUT2D eigenvalue weighted by molar-refractivity contribution is 5.81. The number of halogens is 15. The molecule has 1 unspecified atom stereocenters. The fourth-order valence-corrected chi connectivity index (χ4v) is 1.22. The van der Waals surface area contributed by atoms with Gasteiger partial charge in [0.2, 0.25) is 0 Å². The Hall–Kier alpha value is -1.88. The summed E-state index contributed by atoms with van der Waals surface area (Å²) in [6, 6.07) is 0. The van der Waals surface area contributed by atoms with Gasteiger partial charge in [-0.2, -0.15) is 65.9 Å². The van der Waals surface area contributed by atoms with Gasteiger partial charge in [-0.15, -0.1) is 0 Å². The molecule has 0 aliphatic carbocycles. The molecular formula is C11H5F15O3. The third kappa shape index (κ3) is 4.66. The highest BCUT2D eigenvalue weighted by Crippen LogP contribution is 2.58. The normalized spacial score (nSPS) is 16.9. The number of alkyl halides is 15. The Morgan fingerprint density at radius 1 is 0.690 bits per heavy atom. The molecule has 0 aliphatic heterocycles. The van der Waals surface area contributed by atoms with Crippen LogP contribution < -0.4 is 0 Å². The van der Waals surface area contributed by atoms with Gasteiger partial charge in [-0.05, 0) is 0 Å². The first-order chi connectivity index (χ1) is 12.4. The Labute approximate surface area is 149 Å². The Morgan fingerprint density at radius 3 is 1.41 bits per heavy atom. The first kappa shape index (κ1) is 27.1. The Balaban J connectivity index is 6.22. The largest absolute Gasteiger partial charge is 0.460 e. The van der Waals surface area contributed by atoms with E-state index in [1.807, 2.05) is 4.74 Å². The molecule has 18 heteroatoms. The standard InChI is InChI=1S/C11H5F15O3/c1-2-4(27)28-3-5(12,9(19,20)21)29-11(25,26)8(17,18)6(13,14)7(15,16)10(22,23)24/h2H,1,3H2. The molecule has 0 aromatic rings. The average Bonchev–Trinajstić information content (AvgIpc) is 2.49. The lowest BCUT2D eigenvalue weighted by molar-refractivity contribution is -0.497. The van der Waals surface area contributed by atoms with Gasteiger partial charge in [0, 0.05) is 6.08 Å². The topological polar surface area (TPSA) is 35.5 Å². The first-order valence-corrected chi connectivity index (χ1v) is 6.24. The van der Waals surface area contributed by atoms with Crippen molar-refractivity contribution in [1.29, 1.82) is 0 Å². The van der Waals surface area contributed by atoms with E-state index in [-0.39, 0.29) is 6.08 Å². The average molecular weight is 470 g/mol. The van der Waals surface area contributed by atoms with Crippen LogP contribution in [0.5, 0.6) is 0 Å². The van der Waals surface area contributed by atoms with E-state index in [4.69, 9.17) is 0 Å². The van der Waals surface area contributed by atoms with E-state index in [1.54, 1.807) is 0 Å². The molecule has 0 fully saturated rings. The Kier molecular flexibility index (Phi) is 6.94. The molecule has 1 atom stereocenters. The fraction of sp³-hybridized carbons (Fsp3) is 0.727. The van der Waals surface area contributed by atoms with Crippen molar-refractivity contribution < 1.29 is 80.1 Å². The van der Waals surface area contributed by atoms with Gasteiger partial charge < -0.3 is 4.74 Å². The molecule has 0 spiro atoms. The van der Waals surface area contributed by atoms with Crippen molar-refractivity contribution in [2.24, 2.45) is 0 Å². The smallest absolute Gasteiger partial charge is 0.456 e. The zero-order valence-electron chi connectivity index (χ0n) is 12.9. The maximum absolute atomic E-state index is 13.6. The third-order valence-electron chi connectivity index (χ3n) is 2.79. The number of hydrogen-bond acceptors (Lipinski definition) is 3. The van der Waals surface area contributed by atoms with Crippen molar-refractivity contribution in [3.63, 3.8) is 0 Å². The number of ether oxygens (including phenoxy) is 2. The van der Waals surface area contributed by atoms with E-state index in [0.29, 0.717) is 0 Å². The highest BCUT2D eigenvalue weighted by atomic mass is 19.4. The lowest BCUT2D eigenvalue weighted by Crippen LogP contribution is -2.68. The van der Waals surface area contributed by atoms with Crippen LogP contribution >= 0.6 is 0 Å². The minimum Gasteiger partial charge on any atom is -0.456 e. The molecule has 0 saturated carbocycles. The van der Waals surface area contributed by atoms with Crippen LogP contribution in [0.25, 0.3) is 0 Å². The number of rotatable bonds is 8. The van der Waals surface area contributed by atoms with E-state index in [9.17, 15) is 70.7 Å². The van der Waals surface area contributed by atoms with Crippen LogP contribution in [0.1, 0.15) is 0 Å². The fourth-order valence-electron chi connectivity index (χ4n) is 1.22. The second-order valence-corrected chi connectivity index (χ2v) is 4.88. The monoisotopic (exact) mass is 470 g/mol. The predicted octanol–water partition coefficient (Wildman–Crippen LogP) is 5.02. The SMILES string of the molecule is C=CC(=O)OCC(F)(OC(F)(F)C(F)(F)C(F)(F)C(F)(F)C(F)(F)F)C(F)(F)F. The summed E-state index contributed by atoms with van der Waals surface area (Å²) in [5.74, 6) is -32.4. The number of esters is 1. The van der Waals surface area contributed by atoms with E-state index >= 15 is 0 Å². The van der Waals surface area contributed by atoms with Gasteiger partial charge in [-0.3, -0.25) is 4.74 Å². The van der Waals surface area contributed by atoms with Gasteiger partial charge in [0.15, 0.2) is 6.61 Å². The molecule has 0 rings (SSSR count). The third-order valence-corrected chi connectivity index (χ3v) is 2.79. The molecular weight excluding hydrogens is 465 g/mol. The van der Waals surface area contributed by atoms with Crippen LogP contribution in [-0.4, -0.2) is 54.7 Å². The van der Waals surface area contributed by atoms with Gasteiger partial charge in [-0.1, -0.05) is 6.58 Å². The van der Waals surface area contributed by atoms with Crippen molar-refractivity contribution >= 4 is 5.97 Å². The summed E-state index contributed by atoms with van der Waals surface area (Å²) in [6.07, 6.45) is -22.1. The molecule has 0 radical (unpaired) electrons. The van der Waals surface area contributed by atoms with Gasteiger partial charge in [-0.25, -0.2) is 4.79 Å². The molecule has 0 amide bonds. The molecule has 0 aliphatic rings. The van der Waals surface area contributed by atoms with Crippen LogP contribution in [0.3, 0.4) is 0 Å². The summed E-state index contributed by atoms with van der Waals surface area (Å²) in [5.41, 5.74) is 0. The van der Waals surface area contributed by atoms with Crippen LogP contribution in [0.15, 0.2) is 12.7 Å². The van der Waals surface area contributed by atoms with E-state index in [0.717, 1.165) is 0 Å². The molecule has 0 saturated heterocycles. The summed E-state index contributed by atoms with van der Waals surface area (Å²) in [5, 5.41) is 0. The molecule has 0 bridgehead atoms. The van der Waals surface area contributed by atoms with Crippen molar-refractivity contribution in [1.82, 2.24) is 0 Å². The van der Waals surface area contributed by atoms with Crippen molar-refractivity contribution in [2.75, 3.05) is 6.61 Å². The summed E-state index contributed by atoms with van der Waals surface area (Å²) in [7, 11) is 0. The minimum absolute atomic E-state index is 0.0123. The minimum atomic E-state index is -8.13. The summed E-state index contributed by atoms with van der Waals surface area (Å²) in [6.45, 7) is -0.532. The van der Waals surface area contributed by atoms with Gasteiger partial charge in [0.25, 0.3) is 0 Å². The molecule has 0 N–H and O–H groups in total. The molecule has 3 nitrogen and oxygen atoms in total. The molecule has 172 valence electrons. The van der Waals surface area contributed by atoms with Gasteiger partial charge in [0.05, 0.1) is 0 Å². The Morgan fingerprint density at radius 2 is 1.10 bits per heavy atom. The van der Waals surface area contributed by atoms with Gasteiger partial charge in [0.1, 0.15) is 0 Å². The van der Waals surface area contributed by atoms with Crippen LogP contribution in [0, 0.1) is 0 Å².